The number of carbonyl (C=O) groups is 1. The Morgan fingerprint density at radius 1 is 1.37 bits per heavy atom. The van der Waals surface area contributed by atoms with Gasteiger partial charge in [0.15, 0.2) is 0 Å². The van der Waals surface area contributed by atoms with Crippen molar-refractivity contribution in [3.8, 4) is 5.82 Å². The topological polar surface area (TPSA) is 108 Å². The van der Waals surface area contributed by atoms with Crippen LogP contribution in [0.3, 0.4) is 0 Å². The number of amides is 1. The Kier molecular flexibility index (Phi) is 6.67. The molecule has 0 aliphatic carbocycles. The summed E-state index contributed by atoms with van der Waals surface area (Å²) in [7, 11) is -2.08. The molecule has 0 radical (unpaired) electrons. The van der Waals surface area contributed by atoms with E-state index in [4.69, 9.17) is 16.3 Å². The van der Waals surface area contributed by atoms with Gasteiger partial charge in [-0.15, -0.1) is 0 Å². The summed E-state index contributed by atoms with van der Waals surface area (Å²) in [6.07, 6.45) is 4.13. The maximum atomic E-state index is 12.3. The maximum absolute atomic E-state index is 12.3. The molecule has 11 heteroatoms. The van der Waals surface area contributed by atoms with Crippen molar-refractivity contribution in [2.45, 2.75) is 33.1 Å². The lowest BCUT2D eigenvalue weighted by Crippen LogP contribution is -2.33. The minimum atomic E-state index is -3.86. The van der Waals surface area contributed by atoms with E-state index >= 15 is 0 Å². The molecule has 1 N–H and O–H groups in total. The Morgan fingerprint density at radius 2 is 2.13 bits per heavy atom. The number of rotatable bonds is 8. The van der Waals surface area contributed by atoms with Crippen LogP contribution in [0.15, 0.2) is 24.5 Å². The molecule has 0 unspecified atom stereocenters. The van der Waals surface area contributed by atoms with Gasteiger partial charge in [0.05, 0.1) is 23.1 Å². The number of ether oxygens (including phenoxy) is 1. The summed E-state index contributed by atoms with van der Waals surface area (Å²) < 4.78 is 35.0. The van der Waals surface area contributed by atoms with Crippen LogP contribution in [-0.4, -0.2) is 46.2 Å². The molecule has 0 aromatic carbocycles. The van der Waals surface area contributed by atoms with Crippen molar-refractivity contribution in [2.75, 3.05) is 12.4 Å². The first kappa shape index (κ1) is 22.1. The zero-order valence-electron chi connectivity index (χ0n) is 17.1. The number of nitrogens with zero attached hydrogens (tertiary/aromatic N) is 4. The summed E-state index contributed by atoms with van der Waals surface area (Å²) in [6, 6.07) is 3.69. The predicted molar refractivity (Wildman–Crippen MR) is 114 cm³/mol. The van der Waals surface area contributed by atoms with Crippen molar-refractivity contribution in [1.82, 2.24) is 24.1 Å². The molecule has 0 saturated carbocycles. The fourth-order valence-corrected chi connectivity index (χ4v) is 4.26. The van der Waals surface area contributed by atoms with Crippen LogP contribution < -0.4 is 4.72 Å². The number of carbonyl (C=O) groups excluding carboxylic acids is 1. The Hall–Kier alpha value is -2.59. The summed E-state index contributed by atoms with van der Waals surface area (Å²) >= 11 is 6.02. The Labute approximate surface area is 180 Å². The maximum Gasteiger partial charge on any atom is 0.420 e. The third-order valence-electron chi connectivity index (χ3n) is 4.63. The van der Waals surface area contributed by atoms with Gasteiger partial charge in [-0.2, -0.15) is 5.10 Å². The first-order chi connectivity index (χ1) is 14.2. The van der Waals surface area contributed by atoms with Gasteiger partial charge in [0.1, 0.15) is 11.5 Å². The molecule has 0 saturated heterocycles. The molecule has 1 amide bonds. The van der Waals surface area contributed by atoms with Crippen molar-refractivity contribution in [3.63, 3.8) is 0 Å². The van der Waals surface area contributed by atoms with Crippen LogP contribution in [-0.2, 0) is 28.2 Å². The van der Waals surface area contributed by atoms with Gasteiger partial charge in [0.2, 0.25) is 10.0 Å². The molecular formula is C19H24ClN5O4S. The molecule has 0 fully saturated rings. The number of hydrogen-bond donors (Lipinski definition) is 1. The molecule has 0 aliphatic rings. The van der Waals surface area contributed by atoms with Crippen molar-refractivity contribution in [2.24, 2.45) is 7.05 Å². The van der Waals surface area contributed by atoms with Crippen LogP contribution >= 0.6 is 11.6 Å². The fraction of sp³-hybridized carbons (Fsp3) is 0.421. The van der Waals surface area contributed by atoms with Gasteiger partial charge >= 0.3 is 6.09 Å². The molecule has 0 aliphatic heterocycles. The van der Waals surface area contributed by atoms with Gasteiger partial charge in [-0.05, 0) is 31.9 Å². The van der Waals surface area contributed by atoms with Gasteiger partial charge in [-0.3, -0.25) is 9.25 Å². The van der Waals surface area contributed by atoms with Gasteiger partial charge in [-0.1, -0.05) is 24.9 Å². The van der Waals surface area contributed by atoms with E-state index in [0.29, 0.717) is 28.6 Å². The molecule has 3 heterocycles. The summed E-state index contributed by atoms with van der Waals surface area (Å²) in [5.41, 5.74) is 2.13. The van der Waals surface area contributed by atoms with E-state index in [0.717, 1.165) is 17.4 Å². The van der Waals surface area contributed by atoms with E-state index in [1.807, 2.05) is 41.5 Å². The highest BCUT2D eigenvalue weighted by Crippen LogP contribution is 2.25. The third-order valence-corrected chi connectivity index (χ3v) is 6.05. The summed E-state index contributed by atoms with van der Waals surface area (Å²) in [5, 5.41) is 5.83. The smallest absolute Gasteiger partial charge is 0.420 e. The lowest BCUT2D eigenvalue weighted by Gasteiger charge is -2.11. The highest BCUT2D eigenvalue weighted by Gasteiger charge is 2.21. The number of halogens is 1. The summed E-state index contributed by atoms with van der Waals surface area (Å²) in [6.45, 7) is 3.94. The second kappa shape index (κ2) is 9.05. The Balaban J connectivity index is 1.81. The van der Waals surface area contributed by atoms with Gasteiger partial charge in [0, 0.05) is 30.4 Å². The summed E-state index contributed by atoms with van der Waals surface area (Å²) in [4.78, 5) is 16.1. The van der Waals surface area contributed by atoms with Gasteiger partial charge in [0.25, 0.3) is 0 Å². The number of pyridine rings is 1. The number of aryl methyl sites for hydroxylation is 2. The van der Waals surface area contributed by atoms with Crippen molar-refractivity contribution < 1.29 is 17.9 Å². The SMILES string of the molecule is CCCCOC(=O)NS(=O)(=O)CCc1c(C)nn(C)c1-n1ccc2cc(Cl)cnc21. The van der Waals surface area contributed by atoms with Crippen LogP contribution in [0, 0.1) is 6.92 Å². The second-order valence-electron chi connectivity index (χ2n) is 6.92. The molecule has 0 spiro atoms. The molecular weight excluding hydrogens is 430 g/mol. The largest absolute Gasteiger partial charge is 0.449 e. The Bertz CT molecular complexity index is 1170. The molecule has 30 heavy (non-hydrogen) atoms. The zero-order chi connectivity index (χ0) is 21.9. The standard InChI is InChI=1S/C19H24ClN5O4S/c1-4-5-9-29-19(26)23-30(27,28)10-7-16-13(2)22-24(3)18(16)25-8-6-14-11-15(20)12-21-17(14)25/h6,8,11-12H,4-5,7,9-10H2,1-3H3,(H,23,26). The van der Waals surface area contributed by atoms with Crippen LogP contribution in [0.2, 0.25) is 5.02 Å². The van der Waals surface area contributed by atoms with Crippen LogP contribution in [0.5, 0.6) is 0 Å². The molecule has 3 aromatic heterocycles. The fourth-order valence-electron chi connectivity index (χ4n) is 3.20. The van der Waals surface area contributed by atoms with E-state index in [9.17, 15) is 13.2 Å². The van der Waals surface area contributed by atoms with Crippen LogP contribution in [0.1, 0.15) is 31.0 Å². The highest BCUT2D eigenvalue weighted by molar-refractivity contribution is 7.90. The minimum Gasteiger partial charge on any atom is -0.449 e. The minimum absolute atomic E-state index is 0.167. The third kappa shape index (κ3) is 4.93. The summed E-state index contributed by atoms with van der Waals surface area (Å²) in [5.74, 6) is 0.423. The quantitative estimate of drug-likeness (QED) is 0.525. The van der Waals surface area contributed by atoms with Crippen molar-refractivity contribution in [1.29, 1.82) is 0 Å². The van der Waals surface area contributed by atoms with E-state index in [1.54, 1.807) is 17.9 Å². The number of fused-ring (bicyclic) bond motifs is 1. The molecule has 3 aromatic rings. The molecule has 9 nitrogen and oxygen atoms in total. The zero-order valence-corrected chi connectivity index (χ0v) is 18.6. The average molecular weight is 454 g/mol. The number of hydrogen-bond acceptors (Lipinski definition) is 6. The number of unbranched alkanes of at least 4 members (excludes halogenated alkanes) is 1. The number of aromatic nitrogens is 4. The molecule has 0 atom stereocenters. The highest BCUT2D eigenvalue weighted by atomic mass is 35.5. The van der Waals surface area contributed by atoms with Crippen LogP contribution in [0.25, 0.3) is 16.9 Å². The van der Waals surface area contributed by atoms with E-state index in [-0.39, 0.29) is 18.8 Å². The first-order valence-corrected chi connectivity index (χ1v) is 11.6. The van der Waals surface area contributed by atoms with E-state index < -0.39 is 16.1 Å². The van der Waals surface area contributed by atoms with E-state index in [2.05, 4.69) is 10.1 Å². The molecule has 0 bridgehead atoms. The monoisotopic (exact) mass is 453 g/mol. The van der Waals surface area contributed by atoms with Crippen molar-refractivity contribution >= 4 is 38.8 Å². The second-order valence-corrected chi connectivity index (χ2v) is 9.20. The number of sulfonamides is 1. The van der Waals surface area contributed by atoms with Crippen LogP contribution in [0.4, 0.5) is 4.79 Å². The lowest BCUT2D eigenvalue weighted by atomic mass is 10.2. The normalized spacial score (nSPS) is 11.7. The Morgan fingerprint density at radius 3 is 2.87 bits per heavy atom. The molecule has 3 rings (SSSR count). The number of nitrogens with one attached hydrogen (secondary N) is 1. The van der Waals surface area contributed by atoms with Gasteiger partial charge in [-0.25, -0.2) is 22.9 Å². The molecule has 162 valence electrons. The average Bonchev–Trinajstić information content (AvgIpc) is 3.18. The van der Waals surface area contributed by atoms with E-state index in [1.165, 1.54) is 0 Å². The van der Waals surface area contributed by atoms with Crippen molar-refractivity contribution in [3.05, 3.63) is 40.8 Å². The van der Waals surface area contributed by atoms with Gasteiger partial charge < -0.3 is 4.74 Å². The first-order valence-electron chi connectivity index (χ1n) is 9.54. The predicted octanol–water partition coefficient (Wildman–Crippen LogP) is 3.12. The lowest BCUT2D eigenvalue weighted by molar-refractivity contribution is 0.151.